The highest BCUT2D eigenvalue weighted by Gasteiger charge is 2.19. The minimum Gasteiger partial charge on any atom is -0.497 e. The van der Waals surface area contributed by atoms with Crippen LogP contribution < -0.4 is 15.2 Å². The second-order valence-electron chi connectivity index (χ2n) is 6.39. The predicted octanol–water partition coefficient (Wildman–Crippen LogP) is 4.00. The molecule has 2 aromatic carbocycles. The number of hydrogen-bond acceptors (Lipinski definition) is 6. The molecule has 0 spiro atoms. The fourth-order valence-electron chi connectivity index (χ4n) is 2.88. The lowest BCUT2D eigenvalue weighted by atomic mass is 10.1. The molecule has 0 saturated heterocycles. The topological polar surface area (TPSA) is 90.5 Å². The van der Waals surface area contributed by atoms with E-state index in [2.05, 4.69) is 5.10 Å². The number of nitrogens with zero attached hydrogens (tertiary/aromatic N) is 4. The van der Waals surface area contributed by atoms with Crippen molar-refractivity contribution in [1.82, 2.24) is 9.78 Å². The van der Waals surface area contributed by atoms with Gasteiger partial charge in [0.25, 0.3) is 11.2 Å². The van der Waals surface area contributed by atoms with Gasteiger partial charge in [-0.15, -0.1) is 0 Å². The number of aromatic nitrogens is 2. The summed E-state index contributed by atoms with van der Waals surface area (Å²) in [7, 11) is 3.43. The quantitative estimate of drug-likeness (QED) is 0.447. The van der Waals surface area contributed by atoms with Gasteiger partial charge in [-0.1, -0.05) is 23.7 Å². The highest BCUT2D eigenvalue weighted by molar-refractivity contribution is 6.33. The lowest BCUT2D eigenvalue weighted by molar-refractivity contribution is -0.384. The maximum atomic E-state index is 12.7. The van der Waals surface area contributed by atoms with Crippen molar-refractivity contribution in [3.8, 4) is 11.4 Å². The van der Waals surface area contributed by atoms with Gasteiger partial charge in [-0.2, -0.15) is 9.78 Å². The van der Waals surface area contributed by atoms with Gasteiger partial charge in [-0.25, -0.2) is 0 Å². The Morgan fingerprint density at radius 2 is 1.79 bits per heavy atom. The van der Waals surface area contributed by atoms with Gasteiger partial charge in [-0.3, -0.25) is 14.9 Å². The molecule has 0 amide bonds. The summed E-state index contributed by atoms with van der Waals surface area (Å²) in [6, 6.07) is 13.1. The molecule has 0 N–H and O–H groups in total. The molecule has 9 heteroatoms. The Labute approximate surface area is 172 Å². The van der Waals surface area contributed by atoms with E-state index in [1.54, 1.807) is 7.11 Å². The van der Waals surface area contributed by atoms with Crippen molar-refractivity contribution in [3.63, 3.8) is 0 Å². The first-order chi connectivity index (χ1) is 13.8. The fourth-order valence-corrected chi connectivity index (χ4v) is 3.15. The molecule has 29 heavy (non-hydrogen) atoms. The summed E-state index contributed by atoms with van der Waals surface area (Å²) < 4.78 is 6.29. The molecule has 0 aliphatic rings. The van der Waals surface area contributed by atoms with Crippen LogP contribution in [0.5, 0.6) is 5.75 Å². The van der Waals surface area contributed by atoms with Gasteiger partial charge in [0.05, 0.1) is 35.6 Å². The molecule has 0 radical (unpaired) electrons. The zero-order valence-electron chi connectivity index (χ0n) is 16.1. The van der Waals surface area contributed by atoms with Crippen LogP contribution in [0.15, 0.2) is 59.5 Å². The van der Waals surface area contributed by atoms with Gasteiger partial charge >= 0.3 is 0 Å². The predicted molar refractivity (Wildman–Crippen MR) is 111 cm³/mol. The lowest BCUT2D eigenvalue weighted by Gasteiger charge is -2.28. The summed E-state index contributed by atoms with van der Waals surface area (Å²) in [5.74, 6) is 0.758. The molecule has 1 heterocycles. The molecule has 0 bridgehead atoms. The van der Waals surface area contributed by atoms with Crippen LogP contribution in [0.25, 0.3) is 5.69 Å². The second kappa shape index (κ2) is 8.32. The smallest absolute Gasteiger partial charge is 0.292 e. The van der Waals surface area contributed by atoms with Crippen LogP contribution >= 0.6 is 11.6 Å². The van der Waals surface area contributed by atoms with Crippen LogP contribution in [-0.4, -0.2) is 28.9 Å². The Bertz CT molecular complexity index is 1080. The SMILES string of the molecule is COc1ccc(C(C)N(C)c2cnn(-c3ccc([N+](=O)[O-])cc3)c(=O)c2Cl)cc1. The Morgan fingerprint density at radius 3 is 2.34 bits per heavy atom. The number of non-ortho nitro benzene ring substituents is 1. The van der Waals surface area contributed by atoms with Crippen LogP contribution in [0.4, 0.5) is 11.4 Å². The van der Waals surface area contributed by atoms with Gasteiger partial charge in [0.2, 0.25) is 0 Å². The highest BCUT2D eigenvalue weighted by atomic mass is 35.5. The molecule has 1 atom stereocenters. The van der Waals surface area contributed by atoms with Crippen LogP contribution in [0.1, 0.15) is 18.5 Å². The fraction of sp³-hybridized carbons (Fsp3) is 0.200. The third-order valence-electron chi connectivity index (χ3n) is 4.76. The summed E-state index contributed by atoms with van der Waals surface area (Å²) in [6.07, 6.45) is 1.51. The zero-order chi connectivity index (χ0) is 21.1. The van der Waals surface area contributed by atoms with Crippen molar-refractivity contribution in [2.45, 2.75) is 13.0 Å². The first-order valence-electron chi connectivity index (χ1n) is 8.73. The number of anilines is 1. The Kier molecular flexibility index (Phi) is 5.84. The van der Waals surface area contributed by atoms with E-state index in [1.165, 1.54) is 30.5 Å². The van der Waals surface area contributed by atoms with E-state index in [0.717, 1.165) is 16.0 Å². The Balaban J connectivity index is 1.91. The van der Waals surface area contributed by atoms with Crippen LogP contribution in [-0.2, 0) is 0 Å². The molecule has 3 aromatic rings. The summed E-state index contributed by atoms with van der Waals surface area (Å²) in [5, 5.41) is 15.0. The van der Waals surface area contributed by atoms with E-state index in [9.17, 15) is 14.9 Å². The summed E-state index contributed by atoms with van der Waals surface area (Å²) >= 11 is 6.36. The highest BCUT2D eigenvalue weighted by Crippen LogP contribution is 2.29. The summed E-state index contributed by atoms with van der Waals surface area (Å²) in [6.45, 7) is 1.99. The molecule has 1 unspecified atom stereocenters. The van der Waals surface area contributed by atoms with Crippen molar-refractivity contribution >= 4 is 23.0 Å². The Hall–Kier alpha value is -3.39. The minimum atomic E-state index is -0.508. The molecule has 8 nitrogen and oxygen atoms in total. The first-order valence-corrected chi connectivity index (χ1v) is 9.10. The normalized spacial score (nSPS) is 11.7. The number of ether oxygens (including phenoxy) is 1. The number of nitro benzene ring substituents is 1. The van der Waals surface area contributed by atoms with Crippen LogP contribution in [0.3, 0.4) is 0 Å². The van der Waals surface area contributed by atoms with Crippen molar-refractivity contribution in [2.75, 3.05) is 19.1 Å². The maximum Gasteiger partial charge on any atom is 0.292 e. The van der Waals surface area contributed by atoms with E-state index in [-0.39, 0.29) is 16.8 Å². The number of halogens is 1. The summed E-state index contributed by atoms with van der Waals surface area (Å²) in [4.78, 5) is 24.9. The third kappa shape index (κ3) is 4.07. The van der Waals surface area contributed by atoms with E-state index < -0.39 is 10.5 Å². The van der Waals surface area contributed by atoms with Gasteiger partial charge in [0, 0.05) is 19.2 Å². The van der Waals surface area contributed by atoms with Crippen molar-refractivity contribution < 1.29 is 9.66 Å². The molecule has 0 aliphatic heterocycles. The second-order valence-corrected chi connectivity index (χ2v) is 6.77. The van der Waals surface area contributed by atoms with E-state index in [1.807, 2.05) is 43.1 Å². The average molecular weight is 415 g/mol. The Morgan fingerprint density at radius 1 is 1.17 bits per heavy atom. The van der Waals surface area contributed by atoms with E-state index >= 15 is 0 Å². The summed E-state index contributed by atoms with van der Waals surface area (Å²) in [5.41, 5.74) is 1.31. The monoisotopic (exact) mass is 414 g/mol. The number of benzene rings is 2. The molecule has 150 valence electrons. The number of hydrogen-bond donors (Lipinski definition) is 0. The zero-order valence-corrected chi connectivity index (χ0v) is 16.8. The van der Waals surface area contributed by atoms with Crippen LogP contribution in [0.2, 0.25) is 5.02 Å². The standard InChI is InChI=1S/C20H19ClN4O4/c1-13(14-4-10-17(29-3)11-5-14)23(2)18-12-22-24(20(26)19(18)21)15-6-8-16(9-7-15)25(27)28/h4-13H,1-3H3. The largest absolute Gasteiger partial charge is 0.497 e. The average Bonchev–Trinajstić information content (AvgIpc) is 2.74. The molecular weight excluding hydrogens is 396 g/mol. The molecular formula is C20H19ClN4O4. The third-order valence-corrected chi connectivity index (χ3v) is 5.12. The molecule has 3 rings (SSSR count). The minimum absolute atomic E-state index is 0.0150. The van der Waals surface area contributed by atoms with Gasteiger partial charge in [0.15, 0.2) is 0 Å². The van der Waals surface area contributed by atoms with Gasteiger partial charge in [0.1, 0.15) is 10.8 Å². The van der Waals surface area contributed by atoms with E-state index in [4.69, 9.17) is 16.3 Å². The number of methoxy groups -OCH3 is 1. The number of rotatable bonds is 6. The maximum absolute atomic E-state index is 12.7. The number of nitro groups is 1. The lowest BCUT2D eigenvalue weighted by Crippen LogP contribution is -2.28. The van der Waals surface area contributed by atoms with Crippen LogP contribution in [0, 0.1) is 10.1 Å². The van der Waals surface area contributed by atoms with Crippen molar-refractivity contribution in [3.05, 3.63) is 85.8 Å². The first kappa shape index (κ1) is 20.3. The van der Waals surface area contributed by atoms with E-state index in [0.29, 0.717) is 11.4 Å². The molecule has 0 saturated carbocycles. The molecule has 0 aliphatic carbocycles. The van der Waals surface area contributed by atoms with Gasteiger partial charge in [-0.05, 0) is 36.8 Å². The van der Waals surface area contributed by atoms with Gasteiger partial charge < -0.3 is 9.64 Å². The van der Waals surface area contributed by atoms with Crippen molar-refractivity contribution in [2.24, 2.45) is 0 Å². The van der Waals surface area contributed by atoms with Crippen molar-refractivity contribution in [1.29, 1.82) is 0 Å². The molecule has 0 fully saturated rings. The molecule has 1 aromatic heterocycles.